The van der Waals surface area contributed by atoms with Crippen molar-refractivity contribution in [1.82, 2.24) is 5.32 Å². The number of carboxylic acid groups (broad SMARTS) is 1. The second kappa shape index (κ2) is 7.53. The number of hydrogen-bond acceptors (Lipinski definition) is 3. The summed E-state index contributed by atoms with van der Waals surface area (Å²) in [5.74, 6) is -1.44. The lowest BCUT2D eigenvalue weighted by Gasteiger charge is -2.19. The molecule has 19 heavy (non-hydrogen) atoms. The molecule has 104 valence electrons. The minimum atomic E-state index is -0.859. The van der Waals surface area contributed by atoms with Crippen LogP contribution in [0.3, 0.4) is 0 Å². The van der Waals surface area contributed by atoms with E-state index in [9.17, 15) is 9.59 Å². The standard InChI is InChI=1S/C14H20N2O3/c1-2-12(14(15)19)16-9-11(8-13(17)18)10-6-4-3-5-7-10/h3-7,11-12,16H,2,8-9H2,1H3,(H2,15,19)(H,17,18)/t11?,12-/m0/s1. The second-order valence-electron chi connectivity index (χ2n) is 4.48. The van der Waals surface area contributed by atoms with Gasteiger partial charge in [-0.15, -0.1) is 0 Å². The van der Waals surface area contributed by atoms with Crippen molar-refractivity contribution in [3.8, 4) is 0 Å². The first-order valence-corrected chi connectivity index (χ1v) is 6.34. The van der Waals surface area contributed by atoms with Gasteiger partial charge in [-0.1, -0.05) is 37.3 Å². The van der Waals surface area contributed by atoms with Gasteiger partial charge in [0.15, 0.2) is 0 Å². The summed E-state index contributed by atoms with van der Waals surface area (Å²) in [6, 6.07) is 8.99. The average molecular weight is 264 g/mol. The van der Waals surface area contributed by atoms with E-state index in [0.717, 1.165) is 5.56 Å². The molecule has 1 unspecified atom stereocenters. The summed E-state index contributed by atoms with van der Waals surface area (Å²) >= 11 is 0. The van der Waals surface area contributed by atoms with Crippen LogP contribution in [0.4, 0.5) is 0 Å². The largest absolute Gasteiger partial charge is 0.481 e. The van der Waals surface area contributed by atoms with E-state index in [0.29, 0.717) is 13.0 Å². The number of carbonyl (C=O) groups excluding carboxylic acids is 1. The lowest BCUT2D eigenvalue weighted by atomic mass is 9.95. The van der Waals surface area contributed by atoms with Crippen LogP contribution in [-0.2, 0) is 9.59 Å². The molecular formula is C14H20N2O3. The van der Waals surface area contributed by atoms with E-state index < -0.39 is 17.9 Å². The van der Waals surface area contributed by atoms with Crippen LogP contribution in [0.5, 0.6) is 0 Å². The maximum absolute atomic E-state index is 11.1. The minimum absolute atomic E-state index is 0.0200. The van der Waals surface area contributed by atoms with Crippen molar-refractivity contribution in [2.45, 2.75) is 31.7 Å². The highest BCUT2D eigenvalue weighted by Crippen LogP contribution is 2.18. The molecule has 1 aromatic carbocycles. The highest BCUT2D eigenvalue weighted by atomic mass is 16.4. The van der Waals surface area contributed by atoms with Gasteiger partial charge in [0, 0.05) is 12.5 Å². The van der Waals surface area contributed by atoms with Crippen LogP contribution >= 0.6 is 0 Å². The van der Waals surface area contributed by atoms with Gasteiger partial charge in [0.25, 0.3) is 0 Å². The fourth-order valence-electron chi connectivity index (χ4n) is 1.97. The number of rotatable bonds is 8. The fraction of sp³-hybridized carbons (Fsp3) is 0.429. The molecule has 1 amide bonds. The highest BCUT2D eigenvalue weighted by molar-refractivity contribution is 5.79. The Kier molecular flexibility index (Phi) is 6.02. The molecule has 0 saturated heterocycles. The van der Waals surface area contributed by atoms with Crippen molar-refractivity contribution in [3.05, 3.63) is 35.9 Å². The molecule has 5 heteroatoms. The monoisotopic (exact) mass is 264 g/mol. The SMILES string of the molecule is CC[C@H](NCC(CC(=O)O)c1ccccc1)C(N)=O. The molecule has 2 atom stereocenters. The summed E-state index contributed by atoms with van der Waals surface area (Å²) in [5.41, 5.74) is 6.20. The Balaban J connectivity index is 2.70. The Hall–Kier alpha value is -1.88. The topological polar surface area (TPSA) is 92.4 Å². The van der Waals surface area contributed by atoms with Crippen LogP contribution in [-0.4, -0.2) is 29.6 Å². The van der Waals surface area contributed by atoms with Gasteiger partial charge in [0.1, 0.15) is 0 Å². The number of nitrogens with one attached hydrogen (secondary N) is 1. The number of benzene rings is 1. The summed E-state index contributed by atoms with van der Waals surface area (Å²) in [6.07, 6.45) is 0.607. The molecule has 0 bridgehead atoms. The van der Waals surface area contributed by atoms with Crippen molar-refractivity contribution in [2.24, 2.45) is 5.73 Å². The number of carbonyl (C=O) groups is 2. The summed E-state index contributed by atoms with van der Waals surface area (Å²) < 4.78 is 0. The highest BCUT2D eigenvalue weighted by Gasteiger charge is 2.18. The third kappa shape index (κ3) is 5.09. The third-order valence-corrected chi connectivity index (χ3v) is 3.05. The van der Waals surface area contributed by atoms with Gasteiger partial charge in [0.2, 0.25) is 5.91 Å². The predicted octanol–water partition coefficient (Wildman–Crippen LogP) is 1.10. The van der Waals surface area contributed by atoms with Crippen molar-refractivity contribution in [3.63, 3.8) is 0 Å². The van der Waals surface area contributed by atoms with Gasteiger partial charge in [-0.3, -0.25) is 9.59 Å². The van der Waals surface area contributed by atoms with E-state index >= 15 is 0 Å². The van der Waals surface area contributed by atoms with Crippen LogP contribution in [0, 0.1) is 0 Å². The second-order valence-corrected chi connectivity index (χ2v) is 4.48. The molecule has 4 N–H and O–H groups in total. The van der Waals surface area contributed by atoms with Crippen molar-refractivity contribution in [1.29, 1.82) is 0 Å². The number of amides is 1. The first-order valence-electron chi connectivity index (χ1n) is 6.34. The van der Waals surface area contributed by atoms with Crippen molar-refractivity contribution < 1.29 is 14.7 Å². The Morgan fingerprint density at radius 2 is 1.95 bits per heavy atom. The fourth-order valence-corrected chi connectivity index (χ4v) is 1.97. The molecule has 0 fully saturated rings. The molecule has 0 heterocycles. The molecule has 0 aliphatic rings. The summed E-state index contributed by atoms with van der Waals surface area (Å²) in [4.78, 5) is 22.1. The zero-order chi connectivity index (χ0) is 14.3. The summed E-state index contributed by atoms with van der Waals surface area (Å²) in [6.45, 7) is 2.27. The van der Waals surface area contributed by atoms with Gasteiger partial charge in [-0.05, 0) is 12.0 Å². The van der Waals surface area contributed by atoms with E-state index in [2.05, 4.69) is 5.32 Å². The zero-order valence-electron chi connectivity index (χ0n) is 11.0. The van der Waals surface area contributed by atoms with Gasteiger partial charge >= 0.3 is 5.97 Å². The first kappa shape index (κ1) is 15.2. The first-order chi connectivity index (χ1) is 9.04. The van der Waals surface area contributed by atoms with E-state index in [1.54, 1.807) is 0 Å². The van der Waals surface area contributed by atoms with Crippen LogP contribution in [0.25, 0.3) is 0 Å². The molecular weight excluding hydrogens is 244 g/mol. The maximum atomic E-state index is 11.1. The quantitative estimate of drug-likeness (QED) is 0.655. The lowest BCUT2D eigenvalue weighted by molar-refractivity contribution is -0.137. The van der Waals surface area contributed by atoms with Gasteiger partial charge < -0.3 is 16.2 Å². The Bertz CT molecular complexity index is 420. The third-order valence-electron chi connectivity index (χ3n) is 3.05. The normalized spacial score (nSPS) is 13.7. The Labute approximate surface area is 112 Å². The van der Waals surface area contributed by atoms with E-state index in [1.165, 1.54) is 0 Å². The molecule has 5 nitrogen and oxygen atoms in total. The number of hydrogen-bond donors (Lipinski definition) is 3. The molecule has 1 rings (SSSR count). The van der Waals surface area contributed by atoms with Crippen molar-refractivity contribution in [2.75, 3.05) is 6.54 Å². The predicted molar refractivity (Wildman–Crippen MR) is 72.7 cm³/mol. The molecule has 0 aliphatic carbocycles. The Morgan fingerprint density at radius 3 is 2.42 bits per heavy atom. The molecule has 0 spiro atoms. The number of primary amides is 1. The van der Waals surface area contributed by atoms with Crippen molar-refractivity contribution >= 4 is 11.9 Å². The number of nitrogens with two attached hydrogens (primary N) is 1. The minimum Gasteiger partial charge on any atom is -0.481 e. The summed E-state index contributed by atoms with van der Waals surface area (Å²) in [5, 5.41) is 12.0. The van der Waals surface area contributed by atoms with E-state index in [-0.39, 0.29) is 12.3 Å². The average Bonchev–Trinajstić information content (AvgIpc) is 2.38. The van der Waals surface area contributed by atoms with Gasteiger partial charge in [0.05, 0.1) is 12.5 Å². The van der Waals surface area contributed by atoms with E-state index in [4.69, 9.17) is 10.8 Å². The molecule has 0 saturated carbocycles. The lowest BCUT2D eigenvalue weighted by Crippen LogP contribution is -2.42. The Morgan fingerprint density at radius 1 is 1.32 bits per heavy atom. The van der Waals surface area contributed by atoms with Gasteiger partial charge in [-0.2, -0.15) is 0 Å². The van der Waals surface area contributed by atoms with Gasteiger partial charge in [-0.25, -0.2) is 0 Å². The van der Waals surface area contributed by atoms with Crippen LogP contribution < -0.4 is 11.1 Å². The number of aliphatic carboxylic acids is 1. The zero-order valence-corrected chi connectivity index (χ0v) is 11.0. The molecule has 0 aliphatic heterocycles. The van der Waals surface area contributed by atoms with Crippen LogP contribution in [0.15, 0.2) is 30.3 Å². The maximum Gasteiger partial charge on any atom is 0.304 e. The number of carboxylic acids is 1. The van der Waals surface area contributed by atoms with E-state index in [1.807, 2.05) is 37.3 Å². The van der Waals surface area contributed by atoms with Crippen LogP contribution in [0.2, 0.25) is 0 Å². The smallest absolute Gasteiger partial charge is 0.304 e. The molecule has 0 radical (unpaired) electrons. The van der Waals surface area contributed by atoms with Crippen LogP contribution in [0.1, 0.15) is 31.2 Å². The summed E-state index contributed by atoms with van der Waals surface area (Å²) in [7, 11) is 0. The molecule has 1 aromatic rings. The molecule has 0 aromatic heterocycles.